The van der Waals surface area contributed by atoms with Gasteiger partial charge in [-0.05, 0) is 13.0 Å². The first-order chi connectivity index (χ1) is 7.15. The van der Waals surface area contributed by atoms with Gasteiger partial charge in [0.25, 0.3) is 0 Å². The summed E-state index contributed by atoms with van der Waals surface area (Å²) in [7, 11) is 1.87. The van der Waals surface area contributed by atoms with E-state index in [0.29, 0.717) is 6.42 Å². The SMILES string of the molecule is Cc1ncc(C(O)Cc2ccn(C)n2)s1. The predicted octanol–water partition coefficient (Wildman–Crippen LogP) is 1.46. The zero-order valence-corrected chi connectivity index (χ0v) is 9.53. The summed E-state index contributed by atoms with van der Waals surface area (Å²) >= 11 is 1.53. The fourth-order valence-electron chi connectivity index (χ4n) is 1.40. The number of hydrogen-bond acceptors (Lipinski definition) is 4. The second-order valence-corrected chi connectivity index (χ2v) is 4.75. The van der Waals surface area contributed by atoms with E-state index >= 15 is 0 Å². The third-order valence-corrected chi connectivity index (χ3v) is 3.15. The maximum absolute atomic E-state index is 9.92. The van der Waals surface area contributed by atoms with Crippen LogP contribution in [0.1, 0.15) is 21.7 Å². The second kappa shape index (κ2) is 4.12. The second-order valence-electron chi connectivity index (χ2n) is 3.48. The van der Waals surface area contributed by atoms with Crippen molar-refractivity contribution in [2.45, 2.75) is 19.4 Å². The first-order valence-corrected chi connectivity index (χ1v) is 5.55. The van der Waals surface area contributed by atoms with Crippen molar-refractivity contribution >= 4 is 11.3 Å². The Morgan fingerprint density at radius 3 is 2.93 bits per heavy atom. The van der Waals surface area contributed by atoms with Crippen molar-refractivity contribution in [2.24, 2.45) is 7.05 Å². The number of hydrogen-bond donors (Lipinski definition) is 1. The van der Waals surface area contributed by atoms with Crippen molar-refractivity contribution in [1.29, 1.82) is 0 Å². The number of thiazole rings is 1. The van der Waals surface area contributed by atoms with E-state index in [9.17, 15) is 5.11 Å². The molecule has 2 rings (SSSR count). The lowest BCUT2D eigenvalue weighted by Gasteiger charge is -2.04. The minimum Gasteiger partial charge on any atom is -0.387 e. The molecule has 0 aliphatic heterocycles. The zero-order valence-electron chi connectivity index (χ0n) is 8.71. The van der Waals surface area contributed by atoms with Crippen LogP contribution in [-0.2, 0) is 13.5 Å². The molecule has 0 saturated heterocycles. The Bertz CT molecular complexity index is 449. The third kappa shape index (κ3) is 2.43. The zero-order chi connectivity index (χ0) is 10.8. The molecule has 1 atom stereocenters. The normalized spacial score (nSPS) is 13.0. The number of aliphatic hydroxyl groups is 1. The van der Waals surface area contributed by atoms with Gasteiger partial charge in [0.05, 0.1) is 21.7 Å². The molecule has 0 spiro atoms. The van der Waals surface area contributed by atoms with Gasteiger partial charge in [-0.15, -0.1) is 11.3 Å². The highest BCUT2D eigenvalue weighted by Gasteiger charge is 2.12. The van der Waals surface area contributed by atoms with Gasteiger partial charge in [0.1, 0.15) is 0 Å². The summed E-state index contributed by atoms with van der Waals surface area (Å²) in [5, 5.41) is 15.1. The quantitative estimate of drug-likeness (QED) is 0.857. The van der Waals surface area contributed by atoms with Crippen molar-refractivity contribution in [1.82, 2.24) is 14.8 Å². The molecule has 0 radical (unpaired) electrons. The summed E-state index contributed by atoms with van der Waals surface area (Å²) in [4.78, 5) is 5.02. The van der Waals surface area contributed by atoms with Crippen molar-refractivity contribution in [2.75, 3.05) is 0 Å². The van der Waals surface area contributed by atoms with Crippen LogP contribution in [0.25, 0.3) is 0 Å². The molecular weight excluding hydrogens is 210 g/mol. The summed E-state index contributed by atoms with van der Waals surface area (Å²) in [5.74, 6) is 0. The van der Waals surface area contributed by atoms with E-state index in [1.54, 1.807) is 10.9 Å². The number of aryl methyl sites for hydroxylation is 2. The van der Waals surface area contributed by atoms with E-state index in [2.05, 4.69) is 10.1 Å². The molecule has 80 valence electrons. The standard InChI is InChI=1S/C10H13N3OS/c1-7-11-6-10(15-7)9(14)5-8-3-4-13(2)12-8/h3-4,6,9,14H,5H2,1-2H3. The van der Waals surface area contributed by atoms with E-state index < -0.39 is 6.10 Å². The fourth-order valence-corrected chi connectivity index (χ4v) is 2.17. The first kappa shape index (κ1) is 10.3. The van der Waals surface area contributed by atoms with Gasteiger partial charge in [-0.2, -0.15) is 5.10 Å². The van der Waals surface area contributed by atoms with Crippen LogP contribution in [-0.4, -0.2) is 19.9 Å². The molecule has 0 aliphatic carbocycles. The maximum atomic E-state index is 9.92. The molecule has 1 N–H and O–H groups in total. The van der Waals surface area contributed by atoms with Crippen LogP contribution in [0.15, 0.2) is 18.5 Å². The highest BCUT2D eigenvalue weighted by Crippen LogP contribution is 2.22. The van der Waals surface area contributed by atoms with Crippen LogP contribution in [0.4, 0.5) is 0 Å². The molecule has 0 saturated carbocycles. The Hall–Kier alpha value is -1.20. The van der Waals surface area contributed by atoms with Gasteiger partial charge in [0, 0.05) is 25.9 Å². The molecule has 4 nitrogen and oxygen atoms in total. The summed E-state index contributed by atoms with van der Waals surface area (Å²) in [6, 6.07) is 1.91. The maximum Gasteiger partial charge on any atom is 0.0954 e. The van der Waals surface area contributed by atoms with E-state index in [-0.39, 0.29) is 0 Å². The molecule has 15 heavy (non-hydrogen) atoms. The number of rotatable bonds is 3. The molecule has 0 aliphatic rings. The van der Waals surface area contributed by atoms with Gasteiger partial charge < -0.3 is 5.11 Å². The van der Waals surface area contributed by atoms with Crippen LogP contribution in [0.5, 0.6) is 0 Å². The van der Waals surface area contributed by atoms with Gasteiger partial charge in [-0.3, -0.25) is 4.68 Å². The number of aliphatic hydroxyl groups excluding tert-OH is 1. The van der Waals surface area contributed by atoms with Crippen LogP contribution in [0, 0.1) is 6.92 Å². The smallest absolute Gasteiger partial charge is 0.0954 e. The number of aromatic nitrogens is 3. The highest BCUT2D eigenvalue weighted by atomic mass is 32.1. The van der Waals surface area contributed by atoms with E-state index in [1.807, 2.05) is 26.2 Å². The molecule has 5 heteroatoms. The van der Waals surface area contributed by atoms with Crippen molar-refractivity contribution in [3.8, 4) is 0 Å². The van der Waals surface area contributed by atoms with E-state index in [0.717, 1.165) is 15.6 Å². The fraction of sp³-hybridized carbons (Fsp3) is 0.400. The van der Waals surface area contributed by atoms with Gasteiger partial charge in [-0.25, -0.2) is 4.98 Å². The third-order valence-electron chi connectivity index (χ3n) is 2.14. The van der Waals surface area contributed by atoms with Crippen LogP contribution >= 0.6 is 11.3 Å². The Morgan fingerprint density at radius 1 is 1.60 bits per heavy atom. The van der Waals surface area contributed by atoms with Crippen molar-refractivity contribution < 1.29 is 5.11 Å². The average molecular weight is 223 g/mol. The molecule has 0 aromatic carbocycles. The van der Waals surface area contributed by atoms with Crippen LogP contribution in [0.3, 0.4) is 0 Å². The number of nitrogens with zero attached hydrogens (tertiary/aromatic N) is 3. The molecule has 1 unspecified atom stereocenters. The molecule has 0 fully saturated rings. The minimum absolute atomic E-state index is 0.494. The Morgan fingerprint density at radius 2 is 2.40 bits per heavy atom. The average Bonchev–Trinajstić information content (AvgIpc) is 2.75. The van der Waals surface area contributed by atoms with Crippen LogP contribution in [0.2, 0.25) is 0 Å². The largest absolute Gasteiger partial charge is 0.387 e. The molecule has 0 amide bonds. The highest BCUT2D eigenvalue weighted by molar-refractivity contribution is 7.11. The topological polar surface area (TPSA) is 50.9 Å². The van der Waals surface area contributed by atoms with Crippen molar-refractivity contribution in [3.63, 3.8) is 0 Å². The molecule has 2 aromatic rings. The Balaban J connectivity index is 2.06. The lowest BCUT2D eigenvalue weighted by Crippen LogP contribution is -2.01. The van der Waals surface area contributed by atoms with Gasteiger partial charge >= 0.3 is 0 Å². The van der Waals surface area contributed by atoms with E-state index in [1.165, 1.54) is 11.3 Å². The Labute approximate surface area is 92.2 Å². The summed E-state index contributed by atoms with van der Waals surface area (Å²) in [5.41, 5.74) is 0.899. The monoisotopic (exact) mass is 223 g/mol. The molecule has 2 heterocycles. The first-order valence-electron chi connectivity index (χ1n) is 4.74. The molecule has 2 aromatic heterocycles. The lowest BCUT2D eigenvalue weighted by atomic mass is 10.2. The Kier molecular flexibility index (Phi) is 2.83. The summed E-state index contributed by atoms with van der Waals surface area (Å²) in [6.45, 7) is 1.93. The lowest BCUT2D eigenvalue weighted by molar-refractivity contribution is 0.180. The van der Waals surface area contributed by atoms with Crippen LogP contribution < -0.4 is 0 Å². The summed E-state index contributed by atoms with van der Waals surface area (Å²) < 4.78 is 1.74. The van der Waals surface area contributed by atoms with Gasteiger partial charge in [0.15, 0.2) is 0 Å². The summed E-state index contributed by atoms with van der Waals surface area (Å²) in [6.07, 6.45) is 3.65. The van der Waals surface area contributed by atoms with Crippen molar-refractivity contribution in [3.05, 3.63) is 34.0 Å². The minimum atomic E-state index is -0.494. The molecule has 0 bridgehead atoms. The van der Waals surface area contributed by atoms with Gasteiger partial charge in [-0.1, -0.05) is 0 Å². The van der Waals surface area contributed by atoms with E-state index in [4.69, 9.17) is 0 Å². The predicted molar refractivity (Wildman–Crippen MR) is 58.7 cm³/mol. The molecular formula is C10H13N3OS. The van der Waals surface area contributed by atoms with Gasteiger partial charge in [0.2, 0.25) is 0 Å².